The molecule has 0 unspecified atom stereocenters. The molecule has 1 N–H and O–H groups in total. The normalized spacial score (nSPS) is 19.9. The van der Waals surface area contributed by atoms with Gasteiger partial charge in [0.1, 0.15) is 5.75 Å². The molecule has 3 rings (SSSR count). The summed E-state index contributed by atoms with van der Waals surface area (Å²) in [6.45, 7) is 3.07. The minimum absolute atomic E-state index is 0.430. The predicted molar refractivity (Wildman–Crippen MR) is 81.6 cm³/mol. The van der Waals surface area contributed by atoms with Gasteiger partial charge in [0.25, 0.3) is 0 Å². The van der Waals surface area contributed by atoms with Gasteiger partial charge in [-0.15, -0.1) is 0 Å². The number of nitrogens with one attached hydrogen (secondary N) is 1. The van der Waals surface area contributed by atoms with Crippen LogP contribution in [0.4, 0.5) is 0 Å². The summed E-state index contributed by atoms with van der Waals surface area (Å²) in [6.07, 6.45) is 8.14. The monoisotopic (exact) mass is 323 g/mol. The lowest BCUT2D eigenvalue weighted by Gasteiger charge is -2.19. The Labute approximate surface area is 124 Å². The molecule has 0 heterocycles. The third-order valence-corrected chi connectivity index (χ3v) is 4.52. The topological polar surface area (TPSA) is 21.3 Å². The summed E-state index contributed by atoms with van der Waals surface area (Å²) in [7, 11) is 0. The van der Waals surface area contributed by atoms with Crippen LogP contribution in [0.2, 0.25) is 0 Å². The van der Waals surface area contributed by atoms with Gasteiger partial charge in [-0.3, -0.25) is 0 Å². The molecule has 0 atom stereocenters. The first kappa shape index (κ1) is 13.4. The molecule has 2 saturated carbocycles. The lowest BCUT2D eigenvalue weighted by Crippen LogP contribution is -2.18. The Balaban J connectivity index is 1.77. The van der Waals surface area contributed by atoms with Gasteiger partial charge in [0, 0.05) is 22.6 Å². The maximum absolute atomic E-state index is 6.28. The number of hydrogen-bond acceptors (Lipinski definition) is 2. The molecule has 2 aliphatic carbocycles. The SMILES string of the molecule is Cc1cc(Br)cc(CNC2CC2)c1OC1CCCC1. The van der Waals surface area contributed by atoms with Crippen molar-refractivity contribution in [3.05, 3.63) is 27.7 Å². The minimum atomic E-state index is 0.430. The van der Waals surface area contributed by atoms with E-state index in [9.17, 15) is 0 Å². The molecule has 0 bridgehead atoms. The summed E-state index contributed by atoms with van der Waals surface area (Å²) in [5.74, 6) is 1.11. The Kier molecular flexibility index (Phi) is 4.13. The van der Waals surface area contributed by atoms with Crippen LogP contribution in [-0.2, 0) is 6.54 Å². The maximum atomic E-state index is 6.28. The molecule has 104 valence electrons. The summed E-state index contributed by atoms with van der Waals surface area (Å²) < 4.78 is 7.43. The van der Waals surface area contributed by atoms with Crippen LogP contribution in [0.3, 0.4) is 0 Å². The number of hydrogen-bond donors (Lipinski definition) is 1. The smallest absolute Gasteiger partial charge is 0.127 e. The fourth-order valence-corrected chi connectivity index (χ4v) is 3.43. The molecule has 0 saturated heterocycles. The molecular formula is C16H22BrNO. The first-order valence-corrected chi connectivity index (χ1v) is 8.21. The zero-order chi connectivity index (χ0) is 13.2. The van der Waals surface area contributed by atoms with Crippen molar-refractivity contribution in [3.8, 4) is 5.75 Å². The van der Waals surface area contributed by atoms with Crippen molar-refractivity contribution >= 4 is 15.9 Å². The van der Waals surface area contributed by atoms with Crippen molar-refractivity contribution in [1.82, 2.24) is 5.32 Å². The van der Waals surface area contributed by atoms with E-state index in [0.717, 1.165) is 22.8 Å². The van der Waals surface area contributed by atoms with E-state index in [1.165, 1.54) is 49.7 Å². The number of halogens is 1. The van der Waals surface area contributed by atoms with Crippen LogP contribution >= 0.6 is 15.9 Å². The van der Waals surface area contributed by atoms with Crippen LogP contribution in [0.5, 0.6) is 5.75 Å². The molecular weight excluding hydrogens is 302 g/mol. The molecule has 2 fully saturated rings. The summed E-state index contributed by atoms with van der Waals surface area (Å²) in [4.78, 5) is 0. The van der Waals surface area contributed by atoms with E-state index in [4.69, 9.17) is 4.74 Å². The molecule has 0 spiro atoms. The Morgan fingerprint density at radius 2 is 1.95 bits per heavy atom. The van der Waals surface area contributed by atoms with Crippen molar-refractivity contribution in [3.63, 3.8) is 0 Å². The molecule has 1 aromatic rings. The lowest BCUT2D eigenvalue weighted by molar-refractivity contribution is 0.206. The molecule has 1 aromatic carbocycles. The lowest BCUT2D eigenvalue weighted by atomic mass is 10.1. The van der Waals surface area contributed by atoms with Crippen molar-refractivity contribution in [1.29, 1.82) is 0 Å². The second kappa shape index (κ2) is 5.84. The summed E-state index contributed by atoms with van der Waals surface area (Å²) in [5.41, 5.74) is 2.54. The van der Waals surface area contributed by atoms with Gasteiger partial charge in [-0.1, -0.05) is 15.9 Å². The fraction of sp³-hybridized carbons (Fsp3) is 0.625. The molecule has 2 aliphatic rings. The highest BCUT2D eigenvalue weighted by Gasteiger charge is 2.23. The van der Waals surface area contributed by atoms with Crippen molar-refractivity contribution in [2.75, 3.05) is 0 Å². The van der Waals surface area contributed by atoms with Gasteiger partial charge in [-0.05, 0) is 63.1 Å². The van der Waals surface area contributed by atoms with Crippen molar-refractivity contribution < 1.29 is 4.74 Å². The van der Waals surface area contributed by atoms with Crippen molar-refractivity contribution in [2.24, 2.45) is 0 Å². The van der Waals surface area contributed by atoms with Crippen LogP contribution in [0.1, 0.15) is 49.7 Å². The van der Waals surface area contributed by atoms with Gasteiger partial charge in [0.15, 0.2) is 0 Å². The summed E-state index contributed by atoms with van der Waals surface area (Å²) in [6, 6.07) is 5.09. The van der Waals surface area contributed by atoms with Gasteiger partial charge in [0.2, 0.25) is 0 Å². The first-order chi connectivity index (χ1) is 9.22. The van der Waals surface area contributed by atoms with Crippen LogP contribution in [0, 0.1) is 6.92 Å². The summed E-state index contributed by atoms with van der Waals surface area (Å²) in [5, 5.41) is 3.59. The second-order valence-electron chi connectivity index (χ2n) is 5.89. The molecule has 2 nitrogen and oxygen atoms in total. The second-order valence-corrected chi connectivity index (χ2v) is 6.81. The minimum Gasteiger partial charge on any atom is -0.490 e. The van der Waals surface area contributed by atoms with Gasteiger partial charge in [0.05, 0.1) is 6.10 Å². The Morgan fingerprint density at radius 3 is 2.63 bits per heavy atom. The average Bonchev–Trinajstić information content (AvgIpc) is 3.06. The standard InChI is InChI=1S/C16H22BrNO/c1-11-8-13(17)9-12(10-18-14-6-7-14)16(11)19-15-4-2-3-5-15/h8-9,14-15,18H,2-7,10H2,1H3. The quantitative estimate of drug-likeness (QED) is 0.870. The van der Waals surface area contributed by atoms with E-state index in [1.54, 1.807) is 0 Å². The average molecular weight is 324 g/mol. The number of rotatable bonds is 5. The molecule has 0 radical (unpaired) electrons. The molecule has 3 heteroatoms. The van der Waals surface area contributed by atoms with Gasteiger partial charge < -0.3 is 10.1 Å². The third-order valence-electron chi connectivity index (χ3n) is 4.06. The highest BCUT2D eigenvalue weighted by atomic mass is 79.9. The Hall–Kier alpha value is -0.540. The number of aryl methyl sites for hydroxylation is 1. The van der Waals surface area contributed by atoms with Gasteiger partial charge in [-0.2, -0.15) is 0 Å². The zero-order valence-corrected chi connectivity index (χ0v) is 13.1. The molecule has 0 aromatic heterocycles. The predicted octanol–water partition coefficient (Wildman–Crippen LogP) is 4.33. The third kappa shape index (κ3) is 3.51. The number of ether oxygens (including phenoxy) is 1. The molecule has 19 heavy (non-hydrogen) atoms. The van der Waals surface area contributed by atoms with Gasteiger partial charge >= 0.3 is 0 Å². The first-order valence-electron chi connectivity index (χ1n) is 7.41. The maximum Gasteiger partial charge on any atom is 0.127 e. The Bertz CT molecular complexity index is 450. The molecule has 0 amide bonds. The van der Waals surface area contributed by atoms with E-state index >= 15 is 0 Å². The van der Waals surface area contributed by atoms with Crippen LogP contribution in [0.25, 0.3) is 0 Å². The van der Waals surface area contributed by atoms with E-state index in [-0.39, 0.29) is 0 Å². The Morgan fingerprint density at radius 1 is 1.21 bits per heavy atom. The summed E-state index contributed by atoms with van der Waals surface area (Å²) >= 11 is 3.60. The highest BCUT2D eigenvalue weighted by Crippen LogP contribution is 2.32. The zero-order valence-electron chi connectivity index (χ0n) is 11.5. The van der Waals surface area contributed by atoms with Crippen LogP contribution in [-0.4, -0.2) is 12.1 Å². The van der Waals surface area contributed by atoms with Crippen LogP contribution < -0.4 is 10.1 Å². The largest absolute Gasteiger partial charge is 0.490 e. The van der Waals surface area contributed by atoms with E-state index < -0.39 is 0 Å². The molecule has 0 aliphatic heterocycles. The highest BCUT2D eigenvalue weighted by molar-refractivity contribution is 9.10. The van der Waals surface area contributed by atoms with E-state index in [2.05, 4.69) is 40.3 Å². The van der Waals surface area contributed by atoms with Crippen LogP contribution in [0.15, 0.2) is 16.6 Å². The van der Waals surface area contributed by atoms with Gasteiger partial charge in [-0.25, -0.2) is 0 Å². The van der Waals surface area contributed by atoms with E-state index in [1.807, 2.05) is 0 Å². The fourth-order valence-electron chi connectivity index (χ4n) is 2.81. The van der Waals surface area contributed by atoms with Crippen molar-refractivity contribution in [2.45, 2.75) is 64.1 Å². The van der Waals surface area contributed by atoms with E-state index in [0.29, 0.717) is 6.10 Å². The number of benzene rings is 1.